The van der Waals surface area contributed by atoms with Crippen molar-refractivity contribution in [3.63, 3.8) is 0 Å². The summed E-state index contributed by atoms with van der Waals surface area (Å²) in [5.41, 5.74) is 9.97. The molecule has 9 nitrogen and oxygen atoms in total. The van der Waals surface area contributed by atoms with E-state index in [4.69, 9.17) is 20.2 Å². The fraction of sp³-hybridized carbons (Fsp3) is 0.346. The van der Waals surface area contributed by atoms with Crippen LogP contribution in [0.2, 0.25) is 0 Å². The van der Waals surface area contributed by atoms with Crippen molar-refractivity contribution in [3.05, 3.63) is 53.3 Å². The second kappa shape index (κ2) is 11.2. The lowest BCUT2D eigenvalue weighted by Crippen LogP contribution is -2.38. The fourth-order valence-electron chi connectivity index (χ4n) is 4.40. The van der Waals surface area contributed by atoms with E-state index in [2.05, 4.69) is 41.0 Å². The SMILES string of the molecule is CCOCCOC1CCN(c2ccc(-c3cc(-c4cccc(Br)c4)c4c(N)ncnc4n3)nn2)CC1. The quantitative estimate of drug-likeness (QED) is 0.317. The lowest BCUT2D eigenvalue weighted by atomic mass is 10.0. The van der Waals surface area contributed by atoms with Crippen LogP contribution in [0.3, 0.4) is 0 Å². The van der Waals surface area contributed by atoms with E-state index in [0.29, 0.717) is 36.1 Å². The van der Waals surface area contributed by atoms with Gasteiger partial charge in [-0.15, -0.1) is 10.2 Å². The number of halogens is 1. The number of nitrogen functional groups attached to an aromatic ring is 1. The highest BCUT2D eigenvalue weighted by Crippen LogP contribution is 2.34. The number of hydrogen-bond donors (Lipinski definition) is 1. The van der Waals surface area contributed by atoms with E-state index >= 15 is 0 Å². The van der Waals surface area contributed by atoms with Crippen molar-refractivity contribution in [2.75, 3.05) is 43.5 Å². The van der Waals surface area contributed by atoms with Crippen LogP contribution in [0.15, 0.2) is 53.3 Å². The Hall–Kier alpha value is -3.21. The molecule has 1 fully saturated rings. The van der Waals surface area contributed by atoms with Crippen LogP contribution in [-0.2, 0) is 9.47 Å². The zero-order chi connectivity index (χ0) is 24.9. The number of nitrogens with zero attached hydrogens (tertiary/aromatic N) is 6. The van der Waals surface area contributed by atoms with Crippen molar-refractivity contribution in [1.82, 2.24) is 25.1 Å². The standard InChI is InChI=1S/C26H28BrN7O2/c1-2-35-12-13-36-19-8-10-34(11-9-19)23-7-6-21(32-33-23)22-15-20(17-4-3-5-18(27)14-17)24-25(28)29-16-30-26(24)31-22/h3-7,14-16,19H,2,8-13H2,1H3,(H2,28,29,30,31). The summed E-state index contributed by atoms with van der Waals surface area (Å²) in [7, 11) is 0. The smallest absolute Gasteiger partial charge is 0.165 e. The van der Waals surface area contributed by atoms with E-state index in [1.54, 1.807) is 0 Å². The number of fused-ring (bicyclic) bond motifs is 1. The summed E-state index contributed by atoms with van der Waals surface area (Å²) in [5, 5.41) is 9.74. The third-order valence-corrected chi connectivity index (χ3v) is 6.73. The van der Waals surface area contributed by atoms with Crippen molar-refractivity contribution < 1.29 is 9.47 Å². The molecule has 0 bridgehead atoms. The van der Waals surface area contributed by atoms with Crippen molar-refractivity contribution in [2.24, 2.45) is 0 Å². The predicted molar refractivity (Wildman–Crippen MR) is 144 cm³/mol. The van der Waals surface area contributed by atoms with E-state index in [0.717, 1.165) is 59.3 Å². The van der Waals surface area contributed by atoms with Crippen LogP contribution in [0.25, 0.3) is 33.5 Å². The Labute approximate surface area is 218 Å². The molecule has 0 atom stereocenters. The molecule has 36 heavy (non-hydrogen) atoms. The van der Waals surface area contributed by atoms with Crippen LogP contribution in [0.4, 0.5) is 11.6 Å². The summed E-state index contributed by atoms with van der Waals surface area (Å²) in [6, 6.07) is 13.9. The molecule has 0 amide bonds. The zero-order valence-corrected chi connectivity index (χ0v) is 21.7. The highest BCUT2D eigenvalue weighted by atomic mass is 79.9. The van der Waals surface area contributed by atoms with Gasteiger partial charge in [0.15, 0.2) is 11.5 Å². The monoisotopic (exact) mass is 549 g/mol. The minimum atomic E-state index is 0.265. The Balaban J connectivity index is 1.36. The van der Waals surface area contributed by atoms with Crippen molar-refractivity contribution >= 4 is 38.6 Å². The third-order valence-electron chi connectivity index (χ3n) is 6.23. The summed E-state index contributed by atoms with van der Waals surface area (Å²) in [4.78, 5) is 15.5. The van der Waals surface area contributed by atoms with Crippen molar-refractivity contribution in [3.8, 4) is 22.5 Å². The molecule has 0 radical (unpaired) electrons. The molecule has 5 rings (SSSR count). The van der Waals surface area contributed by atoms with Gasteiger partial charge in [0.1, 0.15) is 17.8 Å². The van der Waals surface area contributed by atoms with Crippen LogP contribution < -0.4 is 10.6 Å². The first-order chi connectivity index (χ1) is 17.6. The van der Waals surface area contributed by atoms with Crippen LogP contribution in [0.5, 0.6) is 0 Å². The van der Waals surface area contributed by atoms with Gasteiger partial charge in [-0.05, 0) is 61.2 Å². The first kappa shape index (κ1) is 24.5. The molecule has 4 aromatic rings. The van der Waals surface area contributed by atoms with Crippen LogP contribution in [0, 0.1) is 0 Å². The molecule has 3 aromatic heterocycles. The Morgan fingerprint density at radius 1 is 1.03 bits per heavy atom. The molecule has 1 saturated heterocycles. The predicted octanol–water partition coefficient (Wildman–Crippen LogP) is 4.52. The van der Waals surface area contributed by atoms with Crippen molar-refractivity contribution in [1.29, 1.82) is 0 Å². The minimum absolute atomic E-state index is 0.265. The first-order valence-electron chi connectivity index (χ1n) is 12.1. The van der Waals surface area contributed by atoms with Gasteiger partial charge in [0, 0.05) is 24.2 Å². The molecule has 1 aliphatic heterocycles. The van der Waals surface area contributed by atoms with E-state index in [1.165, 1.54) is 6.33 Å². The largest absolute Gasteiger partial charge is 0.383 e. The van der Waals surface area contributed by atoms with Crippen LogP contribution >= 0.6 is 15.9 Å². The number of hydrogen-bond acceptors (Lipinski definition) is 9. The average Bonchev–Trinajstić information content (AvgIpc) is 2.91. The molecule has 1 aliphatic rings. The van der Waals surface area contributed by atoms with E-state index < -0.39 is 0 Å². The molecule has 2 N–H and O–H groups in total. The Kier molecular flexibility index (Phi) is 7.64. The Morgan fingerprint density at radius 3 is 2.64 bits per heavy atom. The van der Waals surface area contributed by atoms with Gasteiger partial charge in [0.2, 0.25) is 0 Å². The first-order valence-corrected chi connectivity index (χ1v) is 12.9. The molecule has 0 saturated carbocycles. The average molecular weight is 550 g/mol. The number of rotatable bonds is 8. The molecular weight excluding hydrogens is 522 g/mol. The van der Waals surface area contributed by atoms with Crippen LogP contribution in [0.1, 0.15) is 19.8 Å². The summed E-state index contributed by atoms with van der Waals surface area (Å²) < 4.78 is 12.2. The lowest BCUT2D eigenvalue weighted by Gasteiger charge is -2.32. The van der Waals surface area contributed by atoms with Gasteiger partial charge < -0.3 is 20.1 Å². The van der Waals surface area contributed by atoms with E-state index in [9.17, 15) is 0 Å². The Morgan fingerprint density at radius 2 is 1.89 bits per heavy atom. The Bertz CT molecular complexity index is 1330. The van der Waals surface area contributed by atoms with Gasteiger partial charge in [-0.2, -0.15) is 0 Å². The van der Waals surface area contributed by atoms with Gasteiger partial charge in [0.05, 0.1) is 30.4 Å². The van der Waals surface area contributed by atoms with Gasteiger partial charge in [0.25, 0.3) is 0 Å². The maximum atomic E-state index is 6.22. The molecule has 186 valence electrons. The molecule has 4 heterocycles. The molecule has 0 aliphatic carbocycles. The number of anilines is 2. The van der Waals surface area contributed by atoms with Crippen molar-refractivity contribution in [2.45, 2.75) is 25.9 Å². The second-order valence-electron chi connectivity index (χ2n) is 8.55. The van der Waals surface area contributed by atoms with E-state index in [-0.39, 0.29) is 6.10 Å². The second-order valence-corrected chi connectivity index (χ2v) is 9.47. The topological polar surface area (TPSA) is 112 Å². The highest BCUT2D eigenvalue weighted by Gasteiger charge is 2.21. The number of ether oxygens (including phenoxy) is 2. The fourth-order valence-corrected chi connectivity index (χ4v) is 4.80. The lowest BCUT2D eigenvalue weighted by molar-refractivity contribution is -0.00236. The summed E-state index contributed by atoms with van der Waals surface area (Å²) >= 11 is 3.55. The molecular formula is C26H28BrN7O2. The molecule has 0 unspecified atom stereocenters. The summed E-state index contributed by atoms with van der Waals surface area (Å²) in [6.45, 7) is 5.76. The van der Waals surface area contributed by atoms with Crippen LogP contribution in [-0.4, -0.2) is 64.2 Å². The minimum Gasteiger partial charge on any atom is -0.383 e. The molecule has 1 aromatic carbocycles. The number of nitrogens with two attached hydrogens (primary N) is 1. The molecule has 10 heteroatoms. The highest BCUT2D eigenvalue weighted by molar-refractivity contribution is 9.10. The normalized spacial score (nSPS) is 14.4. The summed E-state index contributed by atoms with van der Waals surface area (Å²) in [6.07, 6.45) is 3.61. The number of pyridine rings is 1. The summed E-state index contributed by atoms with van der Waals surface area (Å²) in [5.74, 6) is 1.24. The van der Waals surface area contributed by atoms with Gasteiger partial charge in [-0.25, -0.2) is 15.0 Å². The van der Waals surface area contributed by atoms with Gasteiger partial charge >= 0.3 is 0 Å². The molecule has 0 spiro atoms. The zero-order valence-electron chi connectivity index (χ0n) is 20.1. The number of piperidine rings is 1. The van der Waals surface area contributed by atoms with E-state index in [1.807, 2.05) is 49.4 Å². The number of aromatic nitrogens is 5. The number of benzene rings is 1. The maximum absolute atomic E-state index is 6.22. The third kappa shape index (κ3) is 5.45. The maximum Gasteiger partial charge on any atom is 0.165 e. The van der Waals surface area contributed by atoms with Gasteiger partial charge in [-0.1, -0.05) is 28.1 Å². The van der Waals surface area contributed by atoms with Gasteiger partial charge in [-0.3, -0.25) is 0 Å².